The number of fused-ring (bicyclic) bond motifs is 1. The molecule has 4 amide bonds. The maximum atomic E-state index is 13.4. The van der Waals surface area contributed by atoms with E-state index in [9.17, 15) is 19.2 Å². The molecule has 1 saturated carbocycles. The standard InChI is InChI=1S/C27H28N6O4/c34-23-9-8-22(25(35)31-23)32-26(36)19-2-1-3-20(24(19)27(32)37)29-14-17-15-30-33(18-10-12-28-13-11-18)21(17)7-6-16-4-5-16/h1-3,15-16,18,22,28-29H,4-5,8-14H2,(H,31,34,35). The zero-order chi connectivity index (χ0) is 25.5. The molecular formula is C27H28N6O4. The molecule has 37 heavy (non-hydrogen) atoms. The van der Waals surface area contributed by atoms with Crippen LogP contribution in [-0.2, 0) is 16.1 Å². The van der Waals surface area contributed by atoms with Crippen molar-refractivity contribution in [3.63, 3.8) is 0 Å². The van der Waals surface area contributed by atoms with Crippen molar-refractivity contribution >= 4 is 29.3 Å². The second kappa shape index (κ2) is 9.48. The Kier molecular flexibility index (Phi) is 6.00. The lowest BCUT2D eigenvalue weighted by atomic mass is 10.0. The monoisotopic (exact) mass is 500 g/mol. The minimum atomic E-state index is -0.995. The van der Waals surface area contributed by atoms with E-state index in [1.165, 1.54) is 0 Å². The van der Waals surface area contributed by atoms with Crippen LogP contribution in [0.3, 0.4) is 0 Å². The van der Waals surface area contributed by atoms with Crippen LogP contribution in [0.2, 0.25) is 0 Å². The number of nitrogens with one attached hydrogen (secondary N) is 3. The fraction of sp³-hybridized carbons (Fsp3) is 0.444. The van der Waals surface area contributed by atoms with Gasteiger partial charge in [0.05, 0.1) is 23.4 Å². The summed E-state index contributed by atoms with van der Waals surface area (Å²) in [5.74, 6) is 5.12. The van der Waals surface area contributed by atoms with Gasteiger partial charge in [-0.3, -0.25) is 34.1 Å². The van der Waals surface area contributed by atoms with E-state index >= 15 is 0 Å². The molecule has 6 rings (SSSR count). The van der Waals surface area contributed by atoms with Gasteiger partial charge in [0, 0.05) is 30.1 Å². The number of hydrogen-bond acceptors (Lipinski definition) is 7. The lowest BCUT2D eigenvalue weighted by Gasteiger charge is -2.27. The van der Waals surface area contributed by atoms with Gasteiger partial charge in [0.2, 0.25) is 11.8 Å². The van der Waals surface area contributed by atoms with E-state index in [1.54, 1.807) is 18.2 Å². The van der Waals surface area contributed by atoms with Gasteiger partial charge in [0.25, 0.3) is 11.8 Å². The van der Waals surface area contributed by atoms with Crippen LogP contribution in [0.25, 0.3) is 0 Å². The molecule has 1 aromatic carbocycles. The number of nitrogens with zero attached hydrogens (tertiary/aromatic N) is 3. The second-order valence-electron chi connectivity index (χ2n) is 10.0. The summed E-state index contributed by atoms with van der Waals surface area (Å²) in [4.78, 5) is 51.4. The van der Waals surface area contributed by atoms with Gasteiger partial charge in [-0.15, -0.1) is 0 Å². The molecule has 1 aliphatic carbocycles. The van der Waals surface area contributed by atoms with E-state index < -0.39 is 29.7 Å². The predicted molar refractivity (Wildman–Crippen MR) is 133 cm³/mol. The highest BCUT2D eigenvalue weighted by Crippen LogP contribution is 2.33. The number of carbonyl (C=O) groups is 4. The van der Waals surface area contributed by atoms with E-state index in [0.717, 1.165) is 54.9 Å². The zero-order valence-electron chi connectivity index (χ0n) is 20.4. The van der Waals surface area contributed by atoms with E-state index in [-0.39, 0.29) is 24.0 Å². The number of hydrogen-bond donors (Lipinski definition) is 3. The Bertz CT molecular complexity index is 1360. The van der Waals surface area contributed by atoms with Gasteiger partial charge < -0.3 is 10.6 Å². The van der Waals surface area contributed by atoms with Crippen molar-refractivity contribution in [2.24, 2.45) is 5.92 Å². The van der Waals surface area contributed by atoms with Gasteiger partial charge >= 0.3 is 0 Å². The highest BCUT2D eigenvalue weighted by molar-refractivity contribution is 6.25. The van der Waals surface area contributed by atoms with Crippen molar-refractivity contribution in [2.45, 2.75) is 57.2 Å². The number of anilines is 1. The predicted octanol–water partition coefficient (Wildman–Crippen LogP) is 1.58. The van der Waals surface area contributed by atoms with Crippen LogP contribution in [0, 0.1) is 17.8 Å². The van der Waals surface area contributed by atoms with Gasteiger partial charge in [-0.1, -0.05) is 12.0 Å². The molecule has 1 atom stereocenters. The van der Waals surface area contributed by atoms with Gasteiger partial charge in [-0.2, -0.15) is 5.10 Å². The Labute approximate surface area is 214 Å². The van der Waals surface area contributed by atoms with Crippen molar-refractivity contribution in [3.05, 3.63) is 46.8 Å². The van der Waals surface area contributed by atoms with Gasteiger partial charge in [-0.05, 0) is 63.2 Å². The summed E-state index contributed by atoms with van der Waals surface area (Å²) in [5, 5.41) is 13.6. The summed E-state index contributed by atoms with van der Waals surface area (Å²) in [6.45, 7) is 2.28. The number of carbonyl (C=O) groups excluding carboxylic acids is 4. The number of rotatable bonds is 5. The zero-order valence-corrected chi connectivity index (χ0v) is 20.4. The van der Waals surface area contributed by atoms with Crippen molar-refractivity contribution in [1.82, 2.24) is 25.3 Å². The molecule has 10 nitrogen and oxygen atoms in total. The molecule has 0 bridgehead atoms. The SMILES string of the molecule is O=C1CCC(N2C(=O)c3cccc(NCc4cnn(C5CCNCC5)c4C#CC4CC4)c3C2=O)C(=O)N1. The number of amides is 4. The number of imide groups is 2. The number of aromatic nitrogens is 2. The minimum absolute atomic E-state index is 0.0840. The average Bonchev–Trinajstić information content (AvgIpc) is 3.59. The molecule has 3 fully saturated rings. The first-order chi connectivity index (χ1) is 18.0. The lowest BCUT2D eigenvalue weighted by Crippen LogP contribution is -2.54. The van der Waals surface area contributed by atoms with E-state index in [4.69, 9.17) is 0 Å². The molecule has 2 saturated heterocycles. The maximum Gasteiger partial charge on any atom is 0.264 e. The molecule has 2 aromatic rings. The van der Waals surface area contributed by atoms with E-state index in [2.05, 4.69) is 32.9 Å². The summed E-state index contributed by atoms with van der Waals surface area (Å²) >= 11 is 0. The topological polar surface area (TPSA) is 125 Å². The summed E-state index contributed by atoms with van der Waals surface area (Å²) < 4.78 is 2.04. The molecular weight excluding hydrogens is 472 g/mol. The molecule has 4 aliphatic rings. The van der Waals surface area contributed by atoms with Crippen LogP contribution in [0.15, 0.2) is 24.4 Å². The summed E-state index contributed by atoms with van der Waals surface area (Å²) in [6.07, 6.45) is 6.30. The van der Waals surface area contributed by atoms with Crippen molar-refractivity contribution in [3.8, 4) is 11.8 Å². The Morgan fingerprint density at radius 1 is 1.03 bits per heavy atom. The fourth-order valence-electron chi connectivity index (χ4n) is 5.24. The Morgan fingerprint density at radius 3 is 2.59 bits per heavy atom. The smallest absolute Gasteiger partial charge is 0.264 e. The largest absolute Gasteiger partial charge is 0.380 e. The number of benzene rings is 1. The van der Waals surface area contributed by atoms with Crippen LogP contribution in [-0.4, -0.2) is 57.4 Å². The highest BCUT2D eigenvalue weighted by atomic mass is 16.2. The van der Waals surface area contributed by atoms with Crippen LogP contribution in [0.4, 0.5) is 5.69 Å². The Hall–Kier alpha value is -3.97. The number of piperidine rings is 2. The molecule has 1 unspecified atom stereocenters. The highest BCUT2D eigenvalue weighted by Gasteiger charge is 2.45. The first kappa shape index (κ1) is 23.4. The van der Waals surface area contributed by atoms with Gasteiger partial charge in [-0.25, -0.2) is 0 Å². The summed E-state index contributed by atoms with van der Waals surface area (Å²) in [6, 6.07) is 4.36. The molecule has 0 radical (unpaired) electrons. The quantitative estimate of drug-likeness (QED) is 0.420. The third-order valence-electron chi connectivity index (χ3n) is 7.44. The van der Waals surface area contributed by atoms with Crippen LogP contribution < -0.4 is 16.0 Å². The molecule has 10 heteroatoms. The minimum Gasteiger partial charge on any atom is -0.380 e. The fourth-order valence-corrected chi connectivity index (χ4v) is 5.24. The molecule has 4 heterocycles. The maximum absolute atomic E-state index is 13.4. The first-order valence-corrected chi connectivity index (χ1v) is 12.9. The van der Waals surface area contributed by atoms with Crippen LogP contribution >= 0.6 is 0 Å². The molecule has 0 spiro atoms. The Morgan fingerprint density at radius 2 is 1.84 bits per heavy atom. The van der Waals surface area contributed by atoms with Crippen LogP contribution in [0.5, 0.6) is 0 Å². The summed E-state index contributed by atoms with van der Waals surface area (Å²) in [5.41, 5.74) is 2.84. The van der Waals surface area contributed by atoms with Crippen molar-refractivity contribution < 1.29 is 19.2 Å². The Balaban J connectivity index is 1.25. The van der Waals surface area contributed by atoms with E-state index in [1.807, 2.05) is 10.9 Å². The average molecular weight is 501 g/mol. The van der Waals surface area contributed by atoms with Gasteiger partial charge in [0.1, 0.15) is 11.7 Å². The third-order valence-corrected chi connectivity index (χ3v) is 7.44. The van der Waals surface area contributed by atoms with E-state index in [0.29, 0.717) is 24.2 Å². The molecule has 190 valence electrons. The molecule has 3 aliphatic heterocycles. The lowest BCUT2D eigenvalue weighted by molar-refractivity contribution is -0.136. The second-order valence-corrected chi connectivity index (χ2v) is 10.0. The van der Waals surface area contributed by atoms with Crippen molar-refractivity contribution in [1.29, 1.82) is 0 Å². The van der Waals surface area contributed by atoms with Crippen LogP contribution in [0.1, 0.15) is 76.5 Å². The van der Waals surface area contributed by atoms with Gasteiger partial charge in [0.15, 0.2) is 0 Å². The summed E-state index contributed by atoms with van der Waals surface area (Å²) in [7, 11) is 0. The normalized spacial score (nSPS) is 21.9. The molecule has 3 N–H and O–H groups in total. The van der Waals surface area contributed by atoms with Crippen molar-refractivity contribution in [2.75, 3.05) is 18.4 Å². The molecule has 1 aromatic heterocycles. The first-order valence-electron chi connectivity index (χ1n) is 12.9. The third kappa shape index (κ3) is 4.40.